The van der Waals surface area contributed by atoms with Crippen LogP contribution in [-0.2, 0) is 16.0 Å². The van der Waals surface area contributed by atoms with Crippen molar-refractivity contribution in [1.29, 1.82) is 0 Å². The summed E-state index contributed by atoms with van der Waals surface area (Å²) >= 11 is 0. The molecule has 0 heterocycles. The molecule has 0 atom stereocenters. The molecule has 2 nitrogen and oxygen atoms in total. The number of alkyl halides is 3. The molecule has 0 aromatic heterocycles. The fourth-order valence-corrected chi connectivity index (χ4v) is 4.79. The van der Waals surface area contributed by atoms with Crippen LogP contribution >= 0.6 is 0 Å². The molecule has 22 heavy (non-hydrogen) atoms. The summed E-state index contributed by atoms with van der Waals surface area (Å²) in [6, 6.07) is 4.07. The van der Waals surface area contributed by atoms with Gasteiger partial charge in [0.05, 0.1) is 15.7 Å². The number of benzene rings is 1. The molecular formula is C16H21F3O2S. The van der Waals surface area contributed by atoms with Gasteiger partial charge in [-0.1, -0.05) is 26.3 Å². The van der Waals surface area contributed by atoms with E-state index in [4.69, 9.17) is 0 Å². The summed E-state index contributed by atoms with van der Waals surface area (Å²) in [6.45, 7) is 4.22. The van der Waals surface area contributed by atoms with Gasteiger partial charge in [0.2, 0.25) is 0 Å². The third-order valence-corrected chi connectivity index (χ3v) is 7.18. The molecule has 124 valence electrons. The second kappa shape index (κ2) is 5.87. The van der Waals surface area contributed by atoms with Gasteiger partial charge in [0.25, 0.3) is 0 Å². The molecule has 1 fully saturated rings. The highest BCUT2D eigenvalue weighted by atomic mass is 32.2. The number of sulfone groups is 1. The molecule has 1 aromatic rings. The van der Waals surface area contributed by atoms with E-state index in [1.54, 1.807) is 0 Å². The standard InChI is InChI=1S/C16H21F3O2S/c1-3-15(2)9-7-13(8-10-15)22(20,21)14-6-4-5-12(11-14)16(17,18)19/h4-6,11,13H,3,7-10H2,1-2H3. The lowest BCUT2D eigenvalue weighted by Gasteiger charge is -2.36. The van der Waals surface area contributed by atoms with Crippen LogP contribution in [0.2, 0.25) is 0 Å². The van der Waals surface area contributed by atoms with Crippen LogP contribution in [0.25, 0.3) is 0 Å². The summed E-state index contributed by atoms with van der Waals surface area (Å²) in [5, 5.41) is -0.574. The van der Waals surface area contributed by atoms with Crippen molar-refractivity contribution in [2.24, 2.45) is 5.41 Å². The van der Waals surface area contributed by atoms with E-state index in [1.807, 2.05) is 0 Å². The van der Waals surface area contributed by atoms with Crippen LogP contribution in [0.5, 0.6) is 0 Å². The normalized spacial score (nSPS) is 26.9. The summed E-state index contributed by atoms with van der Waals surface area (Å²) in [4.78, 5) is -0.215. The number of hydrogen-bond donors (Lipinski definition) is 0. The fraction of sp³-hybridized carbons (Fsp3) is 0.625. The van der Waals surface area contributed by atoms with Crippen LogP contribution in [-0.4, -0.2) is 13.7 Å². The lowest BCUT2D eigenvalue weighted by molar-refractivity contribution is -0.137. The zero-order valence-electron chi connectivity index (χ0n) is 12.8. The molecule has 1 aliphatic carbocycles. The third kappa shape index (κ3) is 3.47. The number of halogens is 3. The smallest absolute Gasteiger partial charge is 0.223 e. The summed E-state index contributed by atoms with van der Waals surface area (Å²) in [5.74, 6) is 0. The first-order valence-electron chi connectivity index (χ1n) is 7.50. The van der Waals surface area contributed by atoms with Gasteiger partial charge in [-0.3, -0.25) is 0 Å². The van der Waals surface area contributed by atoms with E-state index in [2.05, 4.69) is 13.8 Å². The van der Waals surface area contributed by atoms with Gasteiger partial charge in [0.15, 0.2) is 9.84 Å². The van der Waals surface area contributed by atoms with Crippen LogP contribution in [0.15, 0.2) is 29.2 Å². The first-order chi connectivity index (χ1) is 10.1. The summed E-state index contributed by atoms with van der Waals surface area (Å²) < 4.78 is 63.4. The molecule has 2 rings (SSSR count). The SMILES string of the molecule is CCC1(C)CCC(S(=O)(=O)c2cccc(C(F)(F)F)c2)CC1. The van der Waals surface area contributed by atoms with E-state index in [9.17, 15) is 21.6 Å². The largest absolute Gasteiger partial charge is 0.416 e. The Morgan fingerprint density at radius 1 is 1.23 bits per heavy atom. The van der Waals surface area contributed by atoms with E-state index in [-0.39, 0.29) is 10.3 Å². The Morgan fingerprint density at radius 3 is 2.32 bits per heavy atom. The van der Waals surface area contributed by atoms with Crippen LogP contribution in [0.3, 0.4) is 0 Å². The molecular weight excluding hydrogens is 313 g/mol. The summed E-state index contributed by atoms with van der Waals surface area (Å²) in [6.07, 6.45) is -0.910. The van der Waals surface area contributed by atoms with Gasteiger partial charge in [0, 0.05) is 0 Å². The maximum Gasteiger partial charge on any atom is 0.416 e. The van der Waals surface area contributed by atoms with Crippen molar-refractivity contribution in [2.75, 3.05) is 0 Å². The average molecular weight is 334 g/mol. The van der Waals surface area contributed by atoms with Gasteiger partial charge in [-0.25, -0.2) is 8.42 Å². The van der Waals surface area contributed by atoms with Gasteiger partial charge in [-0.15, -0.1) is 0 Å². The Kier molecular flexibility index (Phi) is 4.62. The summed E-state index contributed by atoms with van der Waals surface area (Å²) in [5.41, 5.74) is -0.761. The van der Waals surface area contributed by atoms with Crippen molar-refractivity contribution < 1.29 is 21.6 Å². The Balaban J connectivity index is 2.25. The molecule has 0 unspecified atom stereocenters. The minimum atomic E-state index is -4.53. The predicted molar refractivity (Wildman–Crippen MR) is 79.3 cm³/mol. The lowest BCUT2D eigenvalue weighted by atomic mass is 9.74. The van der Waals surface area contributed by atoms with Crippen LogP contribution in [0, 0.1) is 5.41 Å². The maximum absolute atomic E-state index is 12.8. The minimum absolute atomic E-state index is 0.153. The highest BCUT2D eigenvalue weighted by molar-refractivity contribution is 7.92. The summed E-state index contributed by atoms with van der Waals surface area (Å²) in [7, 11) is -3.70. The van der Waals surface area contributed by atoms with Gasteiger partial charge >= 0.3 is 6.18 Å². The lowest BCUT2D eigenvalue weighted by Crippen LogP contribution is -2.32. The van der Waals surface area contributed by atoms with Crippen molar-refractivity contribution in [3.63, 3.8) is 0 Å². The van der Waals surface area contributed by atoms with Crippen molar-refractivity contribution in [1.82, 2.24) is 0 Å². The van der Waals surface area contributed by atoms with Crippen molar-refractivity contribution in [3.8, 4) is 0 Å². The molecule has 1 aliphatic rings. The topological polar surface area (TPSA) is 34.1 Å². The molecule has 0 spiro atoms. The Morgan fingerprint density at radius 2 is 1.82 bits per heavy atom. The monoisotopic (exact) mass is 334 g/mol. The average Bonchev–Trinajstić information content (AvgIpc) is 2.47. The van der Waals surface area contributed by atoms with E-state index in [1.165, 1.54) is 6.07 Å². The molecule has 0 N–H and O–H groups in total. The highest BCUT2D eigenvalue weighted by Crippen LogP contribution is 2.42. The molecule has 0 radical (unpaired) electrons. The molecule has 6 heteroatoms. The maximum atomic E-state index is 12.8. The molecule has 0 bridgehead atoms. The van der Waals surface area contributed by atoms with E-state index < -0.39 is 26.8 Å². The number of hydrogen-bond acceptors (Lipinski definition) is 2. The van der Waals surface area contributed by atoms with Gasteiger partial charge < -0.3 is 0 Å². The number of rotatable bonds is 3. The van der Waals surface area contributed by atoms with Crippen molar-refractivity contribution in [2.45, 2.75) is 62.3 Å². The molecule has 0 saturated heterocycles. The molecule has 0 amide bonds. The van der Waals surface area contributed by atoms with E-state index in [0.29, 0.717) is 12.8 Å². The fourth-order valence-electron chi connectivity index (χ4n) is 2.99. The van der Waals surface area contributed by atoms with E-state index in [0.717, 1.165) is 37.5 Å². The first kappa shape index (κ1) is 17.3. The highest BCUT2D eigenvalue weighted by Gasteiger charge is 2.37. The van der Waals surface area contributed by atoms with Crippen LogP contribution < -0.4 is 0 Å². The van der Waals surface area contributed by atoms with Crippen LogP contribution in [0.1, 0.15) is 51.5 Å². The van der Waals surface area contributed by atoms with Crippen molar-refractivity contribution >= 4 is 9.84 Å². The second-order valence-corrected chi connectivity index (χ2v) is 8.66. The third-order valence-electron chi connectivity index (χ3n) is 4.92. The van der Waals surface area contributed by atoms with E-state index >= 15 is 0 Å². The van der Waals surface area contributed by atoms with Gasteiger partial charge in [-0.05, 0) is 49.3 Å². The Bertz CT molecular complexity index is 627. The molecule has 1 aromatic carbocycles. The quantitative estimate of drug-likeness (QED) is 0.793. The zero-order chi connectivity index (χ0) is 16.6. The van der Waals surface area contributed by atoms with Crippen LogP contribution in [0.4, 0.5) is 13.2 Å². The Hall–Kier alpha value is -1.04. The second-order valence-electron chi connectivity index (χ2n) is 6.43. The van der Waals surface area contributed by atoms with Gasteiger partial charge in [0.1, 0.15) is 0 Å². The molecule has 0 aliphatic heterocycles. The van der Waals surface area contributed by atoms with Crippen molar-refractivity contribution in [3.05, 3.63) is 29.8 Å². The predicted octanol–water partition coefficient (Wildman–Crippen LogP) is 4.84. The first-order valence-corrected chi connectivity index (χ1v) is 9.04. The zero-order valence-corrected chi connectivity index (χ0v) is 13.6. The minimum Gasteiger partial charge on any atom is -0.223 e. The Labute approximate surface area is 129 Å². The molecule has 1 saturated carbocycles. The van der Waals surface area contributed by atoms with Gasteiger partial charge in [-0.2, -0.15) is 13.2 Å².